The van der Waals surface area contributed by atoms with Crippen LogP contribution in [0.3, 0.4) is 0 Å². The standard InChI is InChI=1S/C12H12F3O/c1-2-6-11(12(13,14)15)16-9-10-7-4-3-5-8-10/h2-8,11H,1,9H2/t11-/m1/s1. The third-order valence-corrected chi connectivity index (χ3v) is 1.91. The molecule has 0 saturated carbocycles. The summed E-state index contributed by atoms with van der Waals surface area (Å²) in [5.74, 6) is 0. The fourth-order valence-corrected chi connectivity index (χ4v) is 1.14. The van der Waals surface area contributed by atoms with Crippen LogP contribution in [0.1, 0.15) is 5.56 Å². The van der Waals surface area contributed by atoms with Gasteiger partial charge in [0.2, 0.25) is 0 Å². The zero-order valence-electron chi connectivity index (χ0n) is 8.58. The summed E-state index contributed by atoms with van der Waals surface area (Å²) < 4.78 is 42.0. The SMILES string of the molecule is C=C[CH][C@@H](OCc1ccccc1)C(F)(F)F. The third kappa shape index (κ3) is 4.06. The molecular formula is C12H12F3O. The van der Waals surface area contributed by atoms with E-state index in [1.54, 1.807) is 30.3 Å². The van der Waals surface area contributed by atoms with Gasteiger partial charge in [0, 0.05) is 6.42 Å². The van der Waals surface area contributed by atoms with Crippen molar-refractivity contribution < 1.29 is 17.9 Å². The molecule has 0 saturated heterocycles. The predicted octanol–water partition coefficient (Wildman–Crippen LogP) is 3.52. The first-order valence-corrected chi connectivity index (χ1v) is 4.72. The molecule has 0 aromatic heterocycles. The van der Waals surface area contributed by atoms with Crippen molar-refractivity contribution >= 4 is 0 Å². The maximum atomic E-state index is 12.4. The molecule has 1 aromatic rings. The lowest BCUT2D eigenvalue weighted by Crippen LogP contribution is -2.31. The number of benzene rings is 1. The van der Waals surface area contributed by atoms with E-state index < -0.39 is 12.3 Å². The van der Waals surface area contributed by atoms with Gasteiger partial charge in [-0.2, -0.15) is 13.2 Å². The van der Waals surface area contributed by atoms with Gasteiger partial charge in [-0.15, -0.1) is 6.58 Å². The van der Waals surface area contributed by atoms with Crippen molar-refractivity contribution in [2.45, 2.75) is 18.9 Å². The van der Waals surface area contributed by atoms with Gasteiger partial charge >= 0.3 is 6.18 Å². The Labute approximate surface area is 92.5 Å². The smallest absolute Gasteiger partial charge is 0.363 e. The second kappa shape index (κ2) is 5.70. The molecule has 0 amide bonds. The second-order valence-corrected chi connectivity index (χ2v) is 3.19. The lowest BCUT2D eigenvalue weighted by molar-refractivity contribution is -0.211. The number of alkyl halides is 3. The van der Waals surface area contributed by atoms with Gasteiger partial charge in [0.15, 0.2) is 6.10 Å². The normalized spacial score (nSPS) is 13.4. The minimum Gasteiger partial charge on any atom is -0.363 e. The summed E-state index contributed by atoms with van der Waals surface area (Å²) in [4.78, 5) is 0. The Kier molecular flexibility index (Phi) is 4.55. The Morgan fingerprint density at radius 3 is 2.38 bits per heavy atom. The Morgan fingerprint density at radius 1 is 1.25 bits per heavy atom. The summed E-state index contributed by atoms with van der Waals surface area (Å²) in [6.45, 7) is 3.16. The summed E-state index contributed by atoms with van der Waals surface area (Å²) in [6.07, 6.45) is -4.32. The Bertz CT molecular complexity index is 319. The molecular weight excluding hydrogens is 217 g/mol. The quantitative estimate of drug-likeness (QED) is 0.750. The van der Waals surface area contributed by atoms with E-state index in [0.29, 0.717) is 5.56 Å². The van der Waals surface area contributed by atoms with Gasteiger partial charge in [-0.1, -0.05) is 36.4 Å². The van der Waals surface area contributed by atoms with Crippen LogP contribution in [-0.2, 0) is 11.3 Å². The summed E-state index contributed by atoms with van der Waals surface area (Å²) in [5.41, 5.74) is 0.703. The summed E-state index contributed by atoms with van der Waals surface area (Å²) in [5, 5.41) is 0. The maximum absolute atomic E-state index is 12.4. The molecule has 0 unspecified atom stereocenters. The molecule has 4 heteroatoms. The minimum atomic E-state index is -4.40. The van der Waals surface area contributed by atoms with E-state index >= 15 is 0 Å². The van der Waals surface area contributed by atoms with Crippen molar-refractivity contribution in [3.05, 3.63) is 55.0 Å². The maximum Gasteiger partial charge on any atom is 0.415 e. The molecule has 1 atom stereocenters. The van der Waals surface area contributed by atoms with E-state index in [9.17, 15) is 13.2 Å². The molecule has 87 valence electrons. The topological polar surface area (TPSA) is 9.23 Å². The molecule has 0 heterocycles. The molecule has 1 aromatic carbocycles. The molecule has 0 aliphatic carbocycles. The molecule has 1 radical (unpaired) electrons. The van der Waals surface area contributed by atoms with Crippen LogP contribution in [0.5, 0.6) is 0 Å². The van der Waals surface area contributed by atoms with Crippen LogP contribution in [0.15, 0.2) is 43.0 Å². The fourth-order valence-electron chi connectivity index (χ4n) is 1.14. The van der Waals surface area contributed by atoms with E-state index in [0.717, 1.165) is 12.5 Å². The van der Waals surface area contributed by atoms with Crippen molar-refractivity contribution in [2.24, 2.45) is 0 Å². The first-order chi connectivity index (χ1) is 7.54. The Balaban J connectivity index is 2.54. The van der Waals surface area contributed by atoms with E-state index in [2.05, 4.69) is 6.58 Å². The van der Waals surface area contributed by atoms with Crippen LogP contribution in [0.2, 0.25) is 0 Å². The van der Waals surface area contributed by atoms with Crippen LogP contribution in [0.4, 0.5) is 13.2 Å². The highest BCUT2D eigenvalue weighted by Gasteiger charge is 2.39. The Morgan fingerprint density at radius 2 is 1.88 bits per heavy atom. The van der Waals surface area contributed by atoms with Gasteiger partial charge in [0.1, 0.15) is 0 Å². The first kappa shape index (κ1) is 12.8. The van der Waals surface area contributed by atoms with Gasteiger partial charge in [-0.05, 0) is 5.56 Å². The van der Waals surface area contributed by atoms with Gasteiger partial charge < -0.3 is 4.74 Å². The van der Waals surface area contributed by atoms with Gasteiger partial charge in [0.25, 0.3) is 0 Å². The average molecular weight is 229 g/mol. The van der Waals surface area contributed by atoms with Crippen LogP contribution in [-0.4, -0.2) is 12.3 Å². The third-order valence-electron chi connectivity index (χ3n) is 1.91. The zero-order chi connectivity index (χ0) is 12.0. The van der Waals surface area contributed by atoms with Gasteiger partial charge in [0.05, 0.1) is 6.61 Å². The molecule has 0 spiro atoms. The van der Waals surface area contributed by atoms with Crippen molar-refractivity contribution in [3.63, 3.8) is 0 Å². The Hall–Kier alpha value is -1.29. The number of hydrogen-bond donors (Lipinski definition) is 0. The predicted molar refractivity (Wildman–Crippen MR) is 55.6 cm³/mol. The van der Waals surface area contributed by atoms with Crippen LogP contribution >= 0.6 is 0 Å². The summed E-state index contributed by atoms with van der Waals surface area (Å²) >= 11 is 0. The molecule has 16 heavy (non-hydrogen) atoms. The average Bonchev–Trinajstić information content (AvgIpc) is 2.24. The minimum absolute atomic E-state index is 0.0741. The molecule has 0 aliphatic heterocycles. The van der Waals surface area contributed by atoms with Crippen LogP contribution in [0, 0.1) is 6.42 Å². The highest BCUT2D eigenvalue weighted by molar-refractivity contribution is 5.13. The van der Waals surface area contributed by atoms with Crippen LogP contribution in [0.25, 0.3) is 0 Å². The van der Waals surface area contributed by atoms with E-state index in [4.69, 9.17) is 4.74 Å². The second-order valence-electron chi connectivity index (χ2n) is 3.19. The summed E-state index contributed by atoms with van der Waals surface area (Å²) in [7, 11) is 0. The fraction of sp³-hybridized carbons (Fsp3) is 0.250. The van der Waals surface area contributed by atoms with Gasteiger partial charge in [-0.25, -0.2) is 0 Å². The van der Waals surface area contributed by atoms with Crippen LogP contribution < -0.4 is 0 Å². The number of rotatable bonds is 5. The molecule has 0 N–H and O–H groups in total. The monoisotopic (exact) mass is 229 g/mol. The van der Waals surface area contributed by atoms with Crippen molar-refractivity contribution in [1.82, 2.24) is 0 Å². The molecule has 1 rings (SSSR count). The lowest BCUT2D eigenvalue weighted by atomic mass is 10.2. The molecule has 0 fully saturated rings. The number of hydrogen-bond acceptors (Lipinski definition) is 1. The molecule has 0 aliphatic rings. The van der Waals surface area contributed by atoms with E-state index in [1.807, 2.05) is 0 Å². The lowest BCUT2D eigenvalue weighted by Gasteiger charge is -2.19. The first-order valence-electron chi connectivity index (χ1n) is 4.72. The largest absolute Gasteiger partial charge is 0.415 e. The zero-order valence-corrected chi connectivity index (χ0v) is 8.58. The molecule has 1 nitrogen and oxygen atoms in total. The van der Waals surface area contributed by atoms with E-state index in [1.165, 1.54) is 0 Å². The van der Waals surface area contributed by atoms with Crippen molar-refractivity contribution in [1.29, 1.82) is 0 Å². The highest BCUT2D eigenvalue weighted by Crippen LogP contribution is 2.25. The molecule has 0 bridgehead atoms. The number of halogens is 3. The number of ether oxygens (including phenoxy) is 1. The highest BCUT2D eigenvalue weighted by atomic mass is 19.4. The summed E-state index contributed by atoms with van der Waals surface area (Å²) in [6, 6.07) is 8.71. The van der Waals surface area contributed by atoms with Gasteiger partial charge in [-0.3, -0.25) is 0 Å². The van der Waals surface area contributed by atoms with Crippen molar-refractivity contribution in [2.75, 3.05) is 0 Å². The van der Waals surface area contributed by atoms with E-state index in [-0.39, 0.29) is 6.61 Å². The van der Waals surface area contributed by atoms with Crippen molar-refractivity contribution in [3.8, 4) is 0 Å².